The molecule has 0 atom stereocenters. The van der Waals surface area contributed by atoms with Gasteiger partial charge in [0.15, 0.2) is 5.96 Å². The predicted octanol–water partition coefficient (Wildman–Crippen LogP) is 0.903. The van der Waals surface area contributed by atoms with E-state index < -0.39 is 0 Å². The van der Waals surface area contributed by atoms with Crippen LogP contribution in [0.15, 0.2) is 4.99 Å². The molecule has 0 bridgehead atoms. The average molecular weight is 245 g/mol. The molecule has 1 heterocycles. The summed E-state index contributed by atoms with van der Waals surface area (Å²) in [6.07, 6.45) is 4.20. The Balaban J connectivity index is 2.07. The Morgan fingerprint density at radius 1 is 1.19 bits per heavy atom. The first-order valence-corrected chi connectivity index (χ1v) is 7.23. The molecule has 1 aliphatic rings. The van der Waals surface area contributed by atoms with E-state index >= 15 is 0 Å². The fourth-order valence-electron chi connectivity index (χ4n) is 1.66. The topological polar surface area (TPSA) is 61.9 Å². The van der Waals surface area contributed by atoms with Crippen molar-refractivity contribution >= 4 is 17.7 Å². The van der Waals surface area contributed by atoms with E-state index in [2.05, 4.69) is 9.89 Å². The first-order valence-electron chi connectivity index (χ1n) is 6.08. The molecular formula is C11H23N3OS. The first kappa shape index (κ1) is 13.6. The molecule has 0 unspecified atom stereocenters. The average Bonchev–Trinajstić information content (AvgIpc) is 2.34. The summed E-state index contributed by atoms with van der Waals surface area (Å²) in [7, 11) is 0. The number of nitrogens with two attached hydrogens (primary N) is 1. The minimum absolute atomic E-state index is 0.302. The molecule has 94 valence electrons. The van der Waals surface area contributed by atoms with Crippen molar-refractivity contribution in [1.82, 2.24) is 4.90 Å². The number of guanidine groups is 1. The van der Waals surface area contributed by atoms with E-state index in [0.717, 1.165) is 56.8 Å². The second-order valence-corrected chi connectivity index (χ2v) is 5.20. The maximum atomic E-state index is 8.62. The van der Waals surface area contributed by atoms with E-state index in [9.17, 15) is 0 Å². The van der Waals surface area contributed by atoms with Crippen molar-refractivity contribution in [2.45, 2.75) is 25.7 Å². The number of rotatable bonds is 6. The third-order valence-electron chi connectivity index (χ3n) is 2.68. The molecule has 0 aliphatic carbocycles. The zero-order valence-corrected chi connectivity index (χ0v) is 10.7. The fourth-order valence-corrected chi connectivity index (χ4v) is 2.57. The van der Waals surface area contributed by atoms with Gasteiger partial charge < -0.3 is 15.7 Å². The first-order chi connectivity index (χ1) is 7.84. The highest BCUT2D eigenvalue weighted by Gasteiger charge is 2.11. The molecule has 1 rings (SSSR count). The van der Waals surface area contributed by atoms with Gasteiger partial charge in [0.25, 0.3) is 0 Å². The molecule has 1 aliphatic heterocycles. The van der Waals surface area contributed by atoms with E-state index in [-0.39, 0.29) is 0 Å². The molecule has 0 aromatic rings. The molecule has 0 aromatic carbocycles. The number of thioether (sulfide) groups is 1. The summed E-state index contributed by atoms with van der Waals surface area (Å²) in [5.41, 5.74) is 5.92. The highest BCUT2D eigenvalue weighted by atomic mass is 32.2. The van der Waals surface area contributed by atoms with Crippen LogP contribution >= 0.6 is 11.8 Å². The van der Waals surface area contributed by atoms with E-state index in [1.54, 1.807) is 0 Å². The van der Waals surface area contributed by atoms with Crippen LogP contribution in [-0.4, -0.2) is 53.7 Å². The number of aliphatic hydroxyl groups excluding tert-OH is 1. The summed E-state index contributed by atoms with van der Waals surface area (Å²) in [6, 6.07) is 0. The molecular weight excluding hydrogens is 222 g/mol. The molecule has 1 saturated heterocycles. The van der Waals surface area contributed by atoms with Gasteiger partial charge in [0.05, 0.1) is 0 Å². The Hall–Kier alpha value is -0.420. The zero-order valence-electron chi connectivity index (χ0n) is 9.90. The van der Waals surface area contributed by atoms with Crippen LogP contribution in [0.2, 0.25) is 0 Å². The smallest absolute Gasteiger partial charge is 0.191 e. The summed E-state index contributed by atoms with van der Waals surface area (Å²) in [4.78, 5) is 6.56. The van der Waals surface area contributed by atoms with Gasteiger partial charge in [-0.3, -0.25) is 4.99 Å². The van der Waals surface area contributed by atoms with Crippen molar-refractivity contribution in [3.63, 3.8) is 0 Å². The van der Waals surface area contributed by atoms with Crippen molar-refractivity contribution in [3.05, 3.63) is 0 Å². The van der Waals surface area contributed by atoms with Crippen molar-refractivity contribution in [2.75, 3.05) is 37.7 Å². The monoisotopic (exact) mass is 245 g/mol. The van der Waals surface area contributed by atoms with Gasteiger partial charge in [-0.25, -0.2) is 0 Å². The summed E-state index contributed by atoms with van der Waals surface area (Å²) < 4.78 is 0. The third-order valence-corrected chi connectivity index (χ3v) is 3.62. The summed E-state index contributed by atoms with van der Waals surface area (Å²) in [5.74, 6) is 3.03. The summed E-state index contributed by atoms with van der Waals surface area (Å²) in [5, 5.41) is 8.62. The largest absolute Gasteiger partial charge is 0.396 e. The molecule has 1 fully saturated rings. The standard InChI is InChI=1S/C11H23N3OS/c12-11(14-6-9-16-10-7-14)13-5-3-1-2-4-8-15/h15H,1-10H2,(H2,12,13). The van der Waals surface area contributed by atoms with Gasteiger partial charge in [0, 0.05) is 37.7 Å². The molecule has 0 radical (unpaired) electrons. The van der Waals surface area contributed by atoms with Gasteiger partial charge in [-0.15, -0.1) is 0 Å². The molecule has 3 N–H and O–H groups in total. The van der Waals surface area contributed by atoms with Crippen LogP contribution in [0.4, 0.5) is 0 Å². The summed E-state index contributed by atoms with van der Waals surface area (Å²) >= 11 is 1.98. The van der Waals surface area contributed by atoms with Crippen molar-refractivity contribution in [3.8, 4) is 0 Å². The van der Waals surface area contributed by atoms with Gasteiger partial charge in [0.2, 0.25) is 0 Å². The highest BCUT2D eigenvalue weighted by molar-refractivity contribution is 7.99. The molecule has 0 saturated carbocycles. The SMILES string of the molecule is NC(=NCCCCCCO)N1CCSCC1. The van der Waals surface area contributed by atoms with Crippen LogP contribution < -0.4 is 5.73 Å². The normalized spacial score (nSPS) is 17.8. The lowest BCUT2D eigenvalue weighted by atomic mass is 10.2. The van der Waals surface area contributed by atoms with Crippen LogP contribution in [-0.2, 0) is 0 Å². The number of aliphatic hydroxyl groups is 1. The Bertz CT molecular complexity index is 205. The van der Waals surface area contributed by atoms with Gasteiger partial charge >= 0.3 is 0 Å². The minimum Gasteiger partial charge on any atom is -0.396 e. The molecule has 16 heavy (non-hydrogen) atoms. The van der Waals surface area contributed by atoms with Crippen LogP contribution in [0.1, 0.15) is 25.7 Å². The second-order valence-electron chi connectivity index (χ2n) is 3.98. The van der Waals surface area contributed by atoms with E-state index in [0.29, 0.717) is 12.6 Å². The maximum Gasteiger partial charge on any atom is 0.191 e. The minimum atomic E-state index is 0.302. The molecule has 5 heteroatoms. The van der Waals surface area contributed by atoms with E-state index in [4.69, 9.17) is 10.8 Å². The van der Waals surface area contributed by atoms with Crippen LogP contribution in [0.25, 0.3) is 0 Å². The summed E-state index contributed by atoms with van der Waals surface area (Å²) in [6.45, 7) is 3.19. The number of unbranched alkanes of at least 4 members (excludes halogenated alkanes) is 3. The Labute approximate surface area is 102 Å². The number of hydrogen-bond acceptors (Lipinski definition) is 3. The highest BCUT2D eigenvalue weighted by Crippen LogP contribution is 2.08. The second kappa shape index (κ2) is 8.70. The molecule has 0 spiro atoms. The molecule has 4 nitrogen and oxygen atoms in total. The zero-order chi connectivity index (χ0) is 11.6. The third kappa shape index (κ3) is 5.61. The molecule has 0 aromatic heterocycles. The lowest BCUT2D eigenvalue weighted by Crippen LogP contribution is -2.42. The quantitative estimate of drug-likeness (QED) is 0.415. The number of hydrogen-bond donors (Lipinski definition) is 2. The van der Waals surface area contributed by atoms with Gasteiger partial charge in [-0.1, -0.05) is 12.8 Å². The van der Waals surface area contributed by atoms with Crippen molar-refractivity contribution in [1.29, 1.82) is 0 Å². The van der Waals surface area contributed by atoms with E-state index in [1.165, 1.54) is 0 Å². The number of aliphatic imine (C=N–C) groups is 1. The lowest BCUT2D eigenvalue weighted by molar-refractivity contribution is 0.282. The van der Waals surface area contributed by atoms with Gasteiger partial charge in [-0.2, -0.15) is 11.8 Å². The fraction of sp³-hybridized carbons (Fsp3) is 0.909. The molecule has 0 amide bonds. The predicted molar refractivity (Wildman–Crippen MR) is 70.9 cm³/mol. The van der Waals surface area contributed by atoms with Crippen LogP contribution in [0, 0.1) is 0 Å². The van der Waals surface area contributed by atoms with E-state index in [1.807, 2.05) is 11.8 Å². The van der Waals surface area contributed by atoms with Crippen molar-refractivity contribution < 1.29 is 5.11 Å². The van der Waals surface area contributed by atoms with Crippen LogP contribution in [0.3, 0.4) is 0 Å². The van der Waals surface area contributed by atoms with Gasteiger partial charge in [0.1, 0.15) is 0 Å². The Morgan fingerprint density at radius 2 is 1.88 bits per heavy atom. The van der Waals surface area contributed by atoms with Crippen molar-refractivity contribution in [2.24, 2.45) is 10.7 Å². The number of nitrogens with zero attached hydrogens (tertiary/aromatic N) is 2. The Morgan fingerprint density at radius 3 is 2.56 bits per heavy atom. The van der Waals surface area contributed by atoms with Gasteiger partial charge in [-0.05, 0) is 12.8 Å². The Kier molecular flexibility index (Phi) is 7.42. The lowest BCUT2D eigenvalue weighted by Gasteiger charge is -2.27. The maximum absolute atomic E-state index is 8.62. The van der Waals surface area contributed by atoms with Crippen LogP contribution in [0.5, 0.6) is 0 Å².